The third kappa shape index (κ3) is 3.66. The highest BCUT2D eigenvalue weighted by atomic mass is 32.2. The molecule has 0 atom stereocenters. The summed E-state index contributed by atoms with van der Waals surface area (Å²) in [5, 5.41) is 13.1. The van der Waals surface area contributed by atoms with Crippen molar-refractivity contribution in [2.75, 3.05) is 5.32 Å². The van der Waals surface area contributed by atoms with Gasteiger partial charge in [0.2, 0.25) is 5.13 Å². The molecule has 0 spiro atoms. The number of nitrogens with zero attached hydrogens (tertiary/aromatic N) is 4. The maximum atomic E-state index is 12.1. The van der Waals surface area contributed by atoms with Crippen molar-refractivity contribution in [1.82, 2.24) is 19.6 Å². The Morgan fingerprint density at radius 2 is 2.15 bits per heavy atom. The molecule has 0 aliphatic heterocycles. The van der Waals surface area contributed by atoms with Crippen molar-refractivity contribution in [3.63, 3.8) is 0 Å². The van der Waals surface area contributed by atoms with Crippen molar-refractivity contribution in [3.8, 4) is 0 Å². The molecular weight excluding hydrogens is 390 g/mol. The van der Waals surface area contributed by atoms with Crippen molar-refractivity contribution in [2.45, 2.75) is 10.1 Å². The number of nitrogens with one attached hydrogen (secondary N) is 1. The Morgan fingerprint density at radius 1 is 1.23 bits per heavy atom. The van der Waals surface area contributed by atoms with Crippen LogP contribution in [0.5, 0.6) is 0 Å². The molecule has 0 saturated heterocycles. The van der Waals surface area contributed by atoms with Crippen LogP contribution in [0.4, 0.5) is 5.13 Å². The van der Waals surface area contributed by atoms with Crippen molar-refractivity contribution in [1.29, 1.82) is 0 Å². The summed E-state index contributed by atoms with van der Waals surface area (Å²) in [5.74, 6) is 0.297. The van der Waals surface area contributed by atoms with E-state index in [2.05, 4.69) is 20.5 Å². The highest BCUT2D eigenvalue weighted by Gasteiger charge is 2.12. The van der Waals surface area contributed by atoms with E-state index in [-0.39, 0.29) is 11.5 Å². The van der Waals surface area contributed by atoms with Gasteiger partial charge in [0.05, 0.1) is 10.6 Å². The third-order valence-electron chi connectivity index (χ3n) is 3.34. The Balaban J connectivity index is 1.43. The second-order valence-corrected chi connectivity index (χ2v) is 8.26. The molecule has 26 heavy (non-hydrogen) atoms. The second-order valence-electron chi connectivity index (χ2n) is 5.11. The van der Waals surface area contributed by atoms with Gasteiger partial charge in [-0.05, 0) is 23.6 Å². The summed E-state index contributed by atoms with van der Waals surface area (Å²) in [6.45, 7) is 0. The summed E-state index contributed by atoms with van der Waals surface area (Å²) in [6, 6.07) is 10.5. The molecule has 0 unspecified atom stereocenters. The number of aromatic nitrogens is 4. The molecule has 4 aromatic heterocycles. The minimum absolute atomic E-state index is 0.118. The Hall–Kier alpha value is -2.56. The number of thiophene rings is 1. The number of fused-ring (bicyclic) bond motifs is 1. The highest BCUT2D eigenvalue weighted by Crippen LogP contribution is 2.28. The molecule has 10 heteroatoms. The number of hydrogen-bond acceptors (Lipinski definition) is 8. The Morgan fingerprint density at radius 3 is 3.00 bits per heavy atom. The average molecular weight is 401 g/mol. The predicted octanol–water partition coefficient (Wildman–Crippen LogP) is 3.15. The number of carbonyl (C=O) groups excluding carboxylic acids is 1. The molecule has 130 valence electrons. The summed E-state index contributed by atoms with van der Waals surface area (Å²) >= 11 is 4.08. The number of thioether (sulfide) groups is 1. The average Bonchev–Trinajstić information content (AvgIpc) is 3.32. The fourth-order valence-corrected chi connectivity index (χ4v) is 4.46. The number of carbonyl (C=O) groups is 1. The Labute approximate surface area is 159 Å². The lowest BCUT2D eigenvalue weighted by molar-refractivity contribution is 0.103. The molecule has 0 radical (unpaired) electrons. The summed E-state index contributed by atoms with van der Waals surface area (Å²) in [5.41, 5.74) is 1.16. The van der Waals surface area contributed by atoms with E-state index in [1.807, 2.05) is 17.5 Å². The van der Waals surface area contributed by atoms with Crippen molar-refractivity contribution < 1.29 is 4.79 Å². The molecule has 0 bridgehead atoms. The lowest BCUT2D eigenvalue weighted by Crippen LogP contribution is -2.14. The topological polar surface area (TPSA) is 89.2 Å². The predicted molar refractivity (Wildman–Crippen MR) is 103 cm³/mol. The van der Waals surface area contributed by atoms with Gasteiger partial charge in [0, 0.05) is 18.0 Å². The molecule has 0 fully saturated rings. The van der Waals surface area contributed by atoms with E-state index in [4.69, 9.17) is 0 Å². The molecule has 0 aromatic carbocycles. The minimum Gasteiger partial charge on any atom is -0.296 e. The number of hydrogen-bond donors (Lipinski definition) is 1. The smallest absolute Gasteiger partial charge is 0.267 e. The molecule has 0 aliphatic carbocycles. The molecule has 1 N–H and O–H groups in total. The lowest BCUT2D eigenvalue weighted by atomic mass is 10.4. The van der Waals surface area contributed by atoms with Crippen LogP contribution in [0.3, 0.4) is 0 Å². The minimum atomic E-state index is -0.197. The SMILES string of the molecule is O=C(Nc1nnc(SCc2cc(=O)n3ccccc3n2)s1)c1cccs1. The molecule has 7 nitrogen and oxygen atoms in total. The van der Waals surface area contributed by atoms with E-state index in [1.165, 1.54) is 44.9 Å². The summed E-state index contributed by atoms with van der Waals surface area (Å²) < 4.78 is 2.19. The maximum Gasteiger partial charge on any atom is 0.267 e. The van der Waals surface area contributed by atoms with Gasteiger partial charge in [0.25, 0.3) is 11.5 Å². The summed E-state index contributed by atoms with van der Waals surface area (Å²) in [4.78, 5) is 29.2. The van der Waals surface area contributed by atoms with Crippen molar-refractivity contribution in [3.05, 3.63) is 68.9 Å². The molecule has 1 amide bonds. The van der Waals surface area contributed by atoms with Gasteiger partial charge in [-0.3, -0.25) is 19.3 Å². The van der Waals surface area contributed by atoms with E-state index in [1.54, 1.807) is 24.4 Å². The van der Waals surface area contributed by atoms with Crippen molar-refractivity contribution >= 4 is 51.1 Å². The van der Waals surface area contributed by atoms with Gasteiger partial charge in [-0.2, -0.15) is 0 Å². The van der Waals surface area contributed by atoms with Crippen LogP contribution in [-0.2, 0) is 5.75 Å². The standard InChI is InChI=1S/C16H11N5O2S3/c22-13-8-10(17-12-5-1-2-6-21(12)13)9-25-16-20-19-15(26-16)18-14(23)11-4-3-7-24-11/h1-8H,9H2,(H,18,19,23). The maximum absolute atomic E-state index is 12.1. The first kappa shape index (κ1) is 16.9. The van der Waals surface area contributed by atoms with Crippen LogP contribution in [0.25, 0.3) is 5.65 Å². The fraction of sp³-hybridized carbons (Fsp3) is 0.0625. The zero-order valence-corrected chi connectivity index (χ0v) is 15.6. The number of rotatable bonds is 5. The molecule has 0 aliphatic rings. The first-order valence-electron chi connectivity index (χ1n) is 7.47. The first-order valence-corrected chi connectivity index (χ1v) is 10.2. The Bertz CT molecular complexity index is 1120. The fourth-order valence-electron chi connectivity index (χ4n) is 2.20. The highest BCUT2D eigenvalue weighted by molar-refractivity contribution is 8.00. The van der Waals surface area contributed by atoms with Gasteiger partial charge < -0.3 is 0 Å². The van der Waals surface area contributed by atoms with E-state index < -0.39 is 0 Å². The van der Waals surface area contributed by atoms with Crippen LogP contribution >= 0.6 is 34.4 Å². The molecule has 4 heterocycles. The number of amides is 1. The van der Waals surface area contributed by atoms with E-state index >= 15 is 0 Å². The third-order valence-corrected chi connectivity index (χ3v) is 6.21. The second kappa shape index (κ2) is 7.36. The van der Waals surface area contributed by atoms with Crippen LogP contribution in [0.15, 0.2) is 57.1 Å². The van der Waals surface area contributed by atoms with Crippen LogP contribution in [0.2, 0.25) is 0 Å². The van der Waals surface area contributed by atoms with E-state index in [0.717, 1.165) is 0 Å². The first-order chi connectivity index (χ1) is 12.7. The summed E-state index contributed by atoms with van der Waals surface area (Å²) in [6.07, 6.45) is 1.69. The molecular formula is C16H11N5O2S3. The van der Waals surface area contributed by atoms with Crippen LogP contribution in [-0.4, -0.2) is 25.5 Å². The molecule has 0 saturated carbocycles. The van der Waals surface area contributed by atoms with Gasteiger partial charge in [-0.15, -0.1) is 21.5 Å². The van der Waals surface area contributed by atoms with Crippen LogP contribution in [0.1, 0.15) is 15.4 Å². The van der Waals surface area contributed by atoms with Gasteiger partial charge in [0.15, 0.2) is 4.34 Å². The van der Waals surface area contributed by atoms with Gasteiger partial charge in [0.1, 0.15) is 5.65 Å². The Kier molecular flexibility index (Phi) is 4.78. The van der Waals surface area contributed by atoms with E-state index in [9.17, 15) is 9.59 Å². The number of anilines is 1. The van der Waals surface area contributed by atoms with Crippen LogP contribution in [0, 0.1) is 0 Å². The number of pyridine rings is 1. The van der Waals surface area contributed by atoms with Gasteiger partial charge in [-0.1, -0.05) is 35.2 Å². The quantitative estimate of drug-likeness (QED) is 0.408. The zero-order chi connectivity index (χ0) is 17.9. The van der Waals surface area contributed by atoms with Gasteiger partial charge >= 0.3 is 0 Å². The van der Waals surface area contributed by atoms with E-state index in [0.29, 0.717) is 31.4 Å². The lowest BCUT2D eigenvalue weighted by Gasteiger charge is -2.02. The zero-order valence-electron chi connectivity index (χ0n) is 13.2. The molecule has 4 aromatic rings. The monoisotopic (exact) mass is 401 g/mol. The summed E-state index contributed by atoms with van der Waals surface area (Å²) in [7, 11) is 0. The largest absolute Gasteiger partial charge is 0.296 e. The van der Waals surface area contributed by atoms with Crippen molar-refractivity contribution in [2.24, 2.45) is 0 Å². The van der Waals surface area contributed by atoms with Gasteiger partial charge in [-0.25, -0.2) is 4.98 Å². The molecule has 4 rings (SSSR count). The normalized spacial score (nSPS) is 10.9. The van der Waals surface area contributed by atoms with Crippen LogP contribution < -0.4 is 10.9 Å².